The van der Waals surface area contributed by atoms with E-state index in [1.165, 1.54) is 35.7 Å². The summed E-state index contributed by atoms with van der Waals surface area (Å²) in [6, 6.07) is 1.50. The summed E-state index contributed by atoms with van der Waals surface area (Å²) < 4.78 is 79.6. The lowest BCUT2D eigenvalue weighted by Gasteiger charge is -2.37. The van der Waals surface area contributed by atoms with E-state index < -0.39 is 55.4 Å². The van der Waals surface area contributed by atoms with E-state index in [4.69, 9.17) is 0 Å². The lowest BCUT2D eigenvalue weighted by Crippen LogP contribution is -2.47. The second-order valence-electron chi connectivity index (χ2n) is 6.57. The maximum absolute atomic E-state index is 13.1. The number of carbonyl (C=O) groups excluding carboxylic acids is 1. The van der Waals surface area contributed by atoms with Gasteiger partial charge in [-0.2, -0.15) is 31.4 Å². The second-order valence-corrected chi connectivity index (χ2v) is 6.57. The van der Waals surface area contributed by atoms with E-state index in [2.05, 4.69) is 20.4 Å². The highest BCUT2D eigenvalue weighted by Gasteiger charge is 2.52. The fraction of sp³-hybridized carbons (Fsp3) is 0.500. The molecule has 28 heavy (non-hydrogen) atoms. The van der Waals surface area contributed by atoms with Gasteiger partial charge in [-0.1, -0.05) is 0 Å². The van der Waals surface area contributed by atoms with E-state index in [1.807, 2.05) is 0 Å². The molecule has 0 bridgehead atoms. The minimum atomic E-state index is -4.77. The van der Waals surface area contributed by atoms with E-state index in [-0.39, 0.29) is 11.4 Å². The summed E-state index contributed by atoms with van der Waals surface area (Å²) in [5.74, 6) is -5.04. The number of aromatic nitrogens is 4. The molecule has 0 saturated heterocycles. The van der Waals surface area contributed by atoms with Crippen molar-refractivity contribution in [3.8, 4) is 5.82 Å². The smallest absolute Gasteiger partial charge is 0.349 e. The summed E-state index contributed by atoms with van der Waals surface area (Å²) in [4.78, 5) is 20.3. The molecule has 0 aliphatic heterocycles. The van der Waals surface area contributed by atoms with Crippen LogP contribution in [-0.2, 0) is 0 Å². The Morgan fingerprint density at radius 1 is 1.07 bits per heavy atom. The Morgan fingerprint density at radius 3 is 2.25 bits per heavy atom. The van der Waals surface area contributed by atoms with Crippen LogP contribution in [0, 0.1) is 11.8 Å². The van der Waals surface area contributed by atoms with Crippen LogP contribution in [0.5, 0.6) is 0 Å². The molecule has 1 aliphatic carbocycles. The van der Waals surface area contributed by atoms with E-state index >= 15 is 0 Å². The van der Waals surface area contributed by atoms with E-state index in [0.29, 0.717) is 0 Å². The highest BCUT2D eigenvalue weighted by Crippen LogP contribution is 2.45. The van der Waals surface area contributed by atoms with E-state index in [9.17, 15) is 31.1 Å². The number of nitrogens with one attached hydrogen (secondary N) is 1. The molecule has 0 spiro atoms. The van der Waals surface area contributed by atoms with Crippen LogP contribution >= 0.6 is 0 Å². The maximum atomic E-state index is 13.1. The molecule has 12 heteroatoms. The van der Waals surface area contributed by atoms with E-state index in [0.717, 1.165) is 0 Å². The molecule has 152 valence electrons. The van der Waals surface area contributed by atoms with Gasteiger partial charge in [0.2, 0.25) is 0 Å². The highest BCUT2D eigenvalue weighted by molar-refractivity contribution is 5.97. The summed E-state index contributed by atoms with van der Waals surface area (Å²) in [5.41, 5.74) is -0.0364. The first kappa shape index (κ1) is 20.1. The molecule has 1 saturated carbocycles. The van der Waals surface area contributed by atoms with Gasteiger partial charge in [0.15, 0.2) is 5.82 Å². The van der Waals surface area contributed by atoms with Crippen LogP contribution in [0.3, 0.4) is 0 Å². The Kier molecular flexibility index (Phi) is 5.31. The first-order chi connectivity index (χ1) is 13.1. The lowest BCUT2D eigenvalue weighted by atomic mass is 9.77. The van der Waals surface area contributed by atoms with Gasteiger partial charge < -0.3 is 5.32 Å². The number of halogens is 6. The van der Waals surface area contributed by atoms with Crippen molar-refractivity contribution in [3.05, 3.63) is 36.5 Å². The summed E-state index contributed by atoms with van der Waals surface area (Å²) in [6.07, 6.45) is -7.97. The van der Waals surface area contributed by atoms with Crippen LogP contribution in [0.2, 0.25) is 0 Å². The van der Waals surface area contributed by atoms with Gasteiger partial charge in [-0.05, 0) is 31.4 Å². The number of carbonyl (C=O) groups is 1. The van der Waals surface area contributed by atoms with Gasteiger partial charge in [-0.3, -0.25) is 4.79 Å². The first-order valence-electron chi connectivity index (χ1n) is 8.30. The molecule has 0 radical (unpaired) electrons. The average molecular weight is 407 g/mol. The summed E-state index contributed by atoms with van der Waals surface area (Å²) in [6.45, 7) is 0. The molecule has 0 aromatic carbocycles. The Balaban J connectivity index is 1.81. The number of hydrogen-bond donors (Lipinski definition) is 1. The molecular formula is C16H15F6N5O. The molecule has 0 unspecified atom stereocenters. The molecule has 2 heterocycles. The Morgan fingerprint density at radius 2 is 1.71 bits per heavy atom. The maximum Gasteiger partial charge on any atom is 0.391 e. The number of nitrogens with zero attached hydrogens (tertiary/aromatic N) is 4. The summed E-state index contributed by atoms with van der Waals surface area (Å²) >= 11 is 0. The molecule has 2 atom stereocenters. The molecule has 2 aromatic rings. The standard InChI is InChI=1S/C16H15F6N5O/c17-15(18,19)9-4-10(16(20,21)22)6-11(5-9)26-14(28)12-2-1-3-24-13(12)27-8-23-7-25-27/h1-3,7-11H,4-6H2,(H,26,28)/t9-,10-/m0/s1. The van der Waals surface area contributed by atoms with Gasteiger partial charge in [0, 0.05) is 12.2 Å². The molecule has 1 aliphatic rings. The number of amides is 1. The van der Waals surface area contributed by atoms with E-state index in [1.54, 1.807) is 0 Å². The van der Waals surface area contributed by atoms with Crippen LogP contribution in [0.25, 0.3) is 5.82 Å². The van der Waals surface area contributed by atoms with Gasteiger partial charge in [0.05, 0.1) is 17.4 Å². The van der Waals surface area contributed by atoms with Crippen molar-refractivity contribution in [1.29, 1.82) is 0 Å². The quantitative estimate of drug-likeness (QED) is 0.793. The Bertz CT molecular complexity index is 798. The van der Waals surface area contributed by atoms with Gasteiger partial charge in [-0.25, -0.2) is 14.6 Å². The third-order valence-electron chi connectivity index (χ3n) is 4.64. The SMILES string of the molecule is O=C(NC1C[C@@H](C(F)(F)F)C[C@H](C(F)(F)F)C1)c1cccnc1-n1cncn1. The molecule has 1 amide bonds. The number of hydrogen-bond acceptors (Lipinski definition) is 4. The predicted molar refractivity (Wildman–Crippen MR) is 83.3 cm³/mol. The molecule has 3 rings (SSSR count). The van der Waals surface area contributed by atoms with Crippen LogP contribution in [0.1, 0.15) is 29.6 Å². The zero-order valence-electron chi connectivity index (χ0n) is 14.2. The van der Waals surface area contributed by atoms with Crippen LogP contribution in [0.15, 0.2) is 31.0 Å². The Hall–Kier alpha value is -2.66. The minimum absolute atomic E-state index is 0.0364. The third kappa shape index (κ3) is 4.42. The third-order valence-corrected chi connectivity index (χ3v) is 4.64. The second kappa shape index (κ2) is 7.40. The minimum Gasteiger partial charge on any atom is -0.349 e. The predicted octanol–water partition coefficient (Wildman–Crippen LogP) is 3.30. The number of rotatable bonds is 3. The monoisotopic (exact) mass is 407 g/mol. The normalized spacial score (nSPS) is 23.4. The fourth-order valence-electron chi connectivity index (χ4n) is 3.31. The molecule has 2 aromatic heterocycles. The zero-order valence-corrected chi connectivity index (χ0v) is 14.2. The van der Waals surface area contributed by atoms with Crippen molar-refractivity contribution in [3.63, 3.8) is 0 Å². The van der Waals surface area contributed by atoms with Crippen molar-refractivity contribution in [2.75, 3.05) is 0 Å². The largest absolute Gasteiger partial charge is 0.391 e. The van der Waals surface area contributed by atoms with Crippen molar-refractivity contribution in [2.45, 2.75) is 37.7 Å². The zero-order chi connectivity index (χ0) is 20.5. The van der Waals surface area contributed by atoms with Crippen LogP contribution in [-0.4, -0.2) is 44.1 Å². The first-order valence-corrected chi connectivity index (χ1v) is 8.30. The van der Waals surface area contributed by atoms with Gasteiger partial charge in [0.1, 0.15) is 12.7 Å². The fourth-order valence-corrected chi connectivity index (χ4v) is 3.31. The van der Waals surface area contributed by atoms with Crippen LogP contribution in [0.4, 0.5) is 26.3 Å². The lowest BCUT2D eigenvalue weighted by molar-refractivity contribution is -0.225. The van der Waals surface area contributed by atoms with Crippen molar-refractivity contribution in [1.82, 2.24) is 25.1 Å². The summed E-state index contributed by atoms with van der Waals surface area (Å²) in [7, 11) is 0. The molecule has 1 N–H and O–H groups in total. The van der Waals surface area contributed by atoms with Crippen LogP contribution < -0.4 is 5.32 Å². The molecular weight excluding hydrogens is 392 g/mol. The summed E-state index contributed by atoms with van der Waals surface area (Å²) in [5, 5.41) is 6.13. The average Bonchev–Trinajstić information content (AvgIpc) is 3.14. The molecule has 6 nitrogen and oxygen atoms in total. The number of alkyl halides is 6. The topological polar surface area (TPSA) is 72.7 Å². The van der Waals surface area contributed by atoms with Gasteiger partial charge >= 0.3 is 12.4 Å². The Labute approximate surface area is 155 Å². The van der Waals surface area contributed by atoms with Crippen molar-refractivity contribution >= 4 is 5.91 Å². The van der Waals surface area contributed by atoms with Gasteiger partial charge in [-0.15, -0.1) is 0 Å². The van der Waals surface area contributed by atoms with Gasteiger partial charge in [0.25, 0.3) is 5.91 Å². The van der Waals surface area contributed by atoms with Crippen molar-refractivity contribution in [2.24, 2.45) is 11.8 Å². The highest BCUT2D eigenvalue weighted by atomic mass is 19.4. The molecule has 1 fully saturated rings. The number of pyridine rings is 1. The van der Waals surface area contributed by atoms with Crippen molar-refractivity contribution < 1.29 is 31.1 Å².